The Hall–Kier alpha value is -1.12. The Morgan fingerprint density at radius 3 is 2.56 bits per heavy atom. The molecule has 84 valence electrons. The first kappa shape index (κ1) is 11.4. The maximum atomic E-state index is 10.4. The van der Waals surface area contributed by atoms with Crippen LogP contribution in [-0.2, 0) is 0 Å². The highest BCUT2D eigenvalue weighted by atomic mass is 28.2. The first-order chi connectivity index (χ1) is 7.59. The van der Waals surface area contributed by atoms with E-state index < -0.39 is 15.1 Å². The summed E-state index contributed by atoms with van der Waals surface area (Å²) < 4.78 is 0. The summed E-state index contributed by atoms with van der Waals surface area (Å²) in [4.78, 5) is 0. The fourth-order valence-corrected chi connectivity index (χ4v) is 4.33. The smallest absolute Gasteiger partial charge is 0.0841 e. The van der Waals surface area contributed by atoms with Crippen LogP contribution in [0.4, 0.5) is 0 Å². The van der Waals surface area contributed by atoms with E-state index in [1.807, 2.05) is 25.1 Å². The van der Waals surface area contributed by atoms with Crippen LogP contribution in [0.25, 0.3) is 0 Å². The van der Waals surface area contributed by atoms with Gasteiger partial charge in [-0.3, -0.25) is 0 Å². The topological polar surface area (TPSA) is 20.2 Å². The fraction of sp³-hybridized carbons (Fsp3) is 0.286. The maximum absolute atomic E-state index is 10.4. The molecule has 0 radical (unpaired) electrons. The zero-order chi connectivity index (χ0) is 11.6. The third kappa shape index (κ3) is 2.34. The molecule has 2 heteroatoms. The van der Waals surface area contributed by atoms with Crippen molar-refractivity contribution in [2.75, 3.05) is 0 Å². The molecule has 16 heavy (non-hydrogen) atoms. The van der Waals surface area contributed by atoms with Gasteiger partial charge in [0.2, 0.25) is 0 Å². The van der Waals surface area contributed by atoms with Crippen molar-refractivity contribution < 1.29 is 5.11 Å². The van der Waals surface area contributed by atoms with Crippen molar-refractivity contribution >= 4 is 14.7 Å². The fourth-order valence-electron chi connectivity index (χ4n) is 2.31. The van der Waals surface area contributed by atoms with Gasteiger partial charge in [-0.15, -0.1) is 0 Å². The van der Waals surface area contributed by atoms with E-state index in [0.717, 1.165) is 0 Å². The second kappa shape index (κ2) is 4.40. The minimum atomic E-state index is -0.666. The van der Waals surface area contributed by atoms with Gasteiger partial charge in [0.05, 0.1) is 15.1 Å². The maximum Gasteiger partial charge on any atom is 0.0841 e. The Labute approximate surface area is 99.3 Å². The van der Waals surface area contributed by atoms with E-state index in [1.54, 1.807) is 0 Å². The molecule has 1 aromatic carbocycles. The molecule has 0 saturated heterocycles. The molecule has 1 aliphatic rings. The van der Waals surface area contributed by atoms with Gasteiger partial charge in [-0.25, -0.2) is 0 Å². The molecule has 1 nitrogen and oxygen atoms in total. The molecule has 0 heterocycles. The summed E-state index contributed by atoms with van der Waals surface area (Å²) in [5.74, 6) is 0. The highest BCUT2D eigenvalue weighted by molar-refractivity contribution is 6.56. The summed E-state index contributed by atoms with van der Waals surface area (Å²) in [5.41, 5.74) is 0.962. The molecule has 1 aliphatic carbocycles. The number of benzene rings is 1. The molecule has 2 atom stereocenters. The number of hydrogen-bond donors (Lipinski definition) is 1. The van der Waals surface area contributed by atoms with Gasteiger partial charge in [-0.1, -0.05) is 59.3 Å². The molecule has 0 aliphatic heterocycles. The van der Waals surface area contributed by atoms with Crippen molar-refractivity contribution in [2.45, 2.75) is 25.0 Å². The Bertz CT molecular complexity index is 418. The van der Waals surface area contributed by atoms with Crippen LogP contribution in [0.5, 0.6) is 0 Å². The molecule has 2 unspecified atom stereocenters. The van der Waals surface area contributed by atoms with Gasteiger partial charge in [0, 0.05) is 5.54 Å². The van der Waals surface area contributed by atoms with Gasteiger partial charge in [-0.05, 0) is 13.8 Å². The zero-order valence-electron chi connectivity index (χ0n) is 9.85. The van der Waals surface area contributed by atoms with Gasteiger partial charge < -0.3 is 5.11 Å². The monoisotopic (exact) mass is 230 g/mol. The molecular formula is C14H18OSi. The summed E-state index contributed by atoms with van der Waals surface area (Å²) in [7, 11) is -0.478. The lowest BCUT2D eigenvalue weighted by Crippen LogP contribution is -2.37. The Kier molecular flexibility index (Phi) is 3.12. The third-order valence-corrected chi connectivity index (χ3v) is 6.15. The van der Waals surface area contributed by atoms with Gasteiger partial charge in [0.1, 0.15) is 0 Å². The van der Waals surface area contributed by atoms with Crippen LogP contribution in [0.2, 0.25) is 5.54 Å². The first-order valence-electron chi connectivity index (χ1n) is 5.72. The summed E-state index contributed by atoms with van der Waals surface area (Å²) in [6.45, 7) is 4.04. The van der Waals surface area contributed by atoms with Crippen LogP contribution >= 0.6 is 0 Å². The molecule has 0 amide bonds. The molecule has 0 bridgehead atoms. The molecule has 0 fully saturated rings. The van der Waals surface area contributed by atoms with Crippen molar-refractivity contribution in [1.82, 2.24) is 0 Å². The van der Waals surface area contributed by atoms with Crippen LogP contribution in [0.3, 0.4) is 0 Å². The third-order valence-electron chi connectivity index (χ3n) is 3.33. The van der Waals surface area contributed by atoms with Crippen molar-refractivity contribution in [2.24, 2.45) is 0 Å². The van der Waals surface area contributed by atoms with Crippen molar-refractivity contribution in [1.29, 1.82) is 0 Å². The predicted octanol–water partition coefficient (Wildman–Crippen LogP) is 1.54. The van der Waals surface area contributed by atoms with Crippen LogP contribution in [0.1, 0.15) is 13.8 Å². The van der Waals surface area contributed by atoms with Crippen LogP contribution in [0, 0.1) is 0 Å². The van der Waals surface area contributed by atoms with E-state index in [4.69, 9.17) is 0 Å². The van der Waals surface area contributed by atoms with Crippen LogP contribution < -0.4 is 5.19 Å². The van der Waals surface area contributed by atoms with E-state index in [1.165, 1.54) is 10.8 Å². The van der Waals surface area contributed by atoms with Crippen molar-refractivity contribution in [3.8, 4) is 0 Å². The van der Waals surface area contributed by atoms with Gasteiger partial charge >= 0.3 is 0 Å². The van der Waals surface area contributed by atoms with E-state index in [2.05, 4.69) is 37.3 Å². The number of allylic oxidation sites excluding steroid dienone is 2. The minimum absolute atomic E-state index is 0.319. The second-order valence-electron chi connectivity index (χ2n) is 4.74. The van der Waals surface area contributed by atoms with Gasteiger partial charge in [0.25, 0.3) is 0 Å². The lowest BCUT2D eigenvalue weighted by Gasteiger charge is -2.33. The van der Waals surface area contributed by atoms with Gasteiger partial charge in [0.15, 0.2) is 0 Å². The van der Waals surface area contributed by atoms with Crippen LogP contribution in [-0.4, -0.2) is 20.2 Å². The Balaban J connectivity index is 2.21. The highest BCUT2D eigenvalue weighted by Gasteiger charge is 2.32. The average molecular weight is 230 g/mol. The van der Waals surface area contributed by atoms with E-state index in [0.29, 0.717) is 5.54 Å². The first-order valence-corrected chi connectivity index (χ1v) is 7.24. The molecule has 0 spiro atoms. The predicted molar refractivity (Wildman–Crippen MR) is 71.9 cm³/mol. The zero-order valence-corrected chi connectivity index (χ0v) is 11.3. The van der Waals surface area contributed by atoms with Gasteiger partial charge in [-0.2, -0.15) is 0 Å². The Morgan fingerprint density at radius 2 is 1.94 bits per heavy atom. The number of rotatable bonds is 2. The lowest BCUT2D eigenvalue weighted by atomic mass is 9.92. The molecule has 0 aromatic heterocycles. The second-order valence-corrected chi connectivity index (χ2v) is 6.78. The highest BCUT2D eigenvalue weighted by Crippen LogP contribution is 2.33. The minimum Gasteiger partial charge on any atom is -0.386 e. The lowest BCUT2D eigenvalue weighted by molar-refractivity contribution is 0.111. The molecule has 1 N–H and O–H groups in total. The number of aliphatic hydroxyl groups is 1. The number of hydrogen-bond acceptors (Lipinski definition) is 1. The Morgan fingerprint density at radius 1 is 1.25 bits per heavy atom. The van der Waals surface area contributed by atoms with E-state index >= 15 is 0 Å². The largest absolute Gasteiger partial charge is 0.386 e. The molecule has 1 aromatic rings. The standard InChI is InChI=1S/C14H18OSi/c1-11-7-6-10-14(2,15)13(11)16-12-8-4-3-5-9-12/h3-10,13,15H,16H2,1-2H3. The molecular weight excluding hydrogens is 212 g/mol. The molecule has 0 saturated carbocycles. The molecule has 2 rings (SSSR count). The SMILES string of the molecule is CC1=CC=CC(C)(O)C1[SiH2]c1ccccc1. The van der Waals surface area contributed by atoms with Crippen LogP contribution in [0.15, 0.2) is 54.1 Å². The average Bonchev–Trinajstić information content (AvgIpc) is 2.25. The van der Waals surface area contributed by atoms with Crippen molar-refractivity contribution in [3.05, 3.63) is 54.1 Å². The summed E-state index contributed by atoms with van der Waals surface area (Å²) in [6.07, 6.45) is 6.00. The summed E-state index contributed by atoms with van der Waals surface area (Å²) >= 11 is 0. The summed E-state index contributed by atoms with van der Waals surface area (Å²) in [5, 5.41) is 11.8. The van der Waals surface area contributed by atoms with E-state index in [-0.39, 0.29) is 0 Å². The summed E-state index contributed by atoms with van der Waals surface area (Å²) in [6, 6.07) is 10.5. The quantitative estimate of drug-likeness (QED) is 0.764. The normalized spacial score (nSPS) is 29.7. The van der Waals surface area contributed by atoms with E-state index in [9.17, 15) is 5.11 Å². The van der Waals surface area contributed by atoms with Crippen molar-refractivity contribution in [3.63, 3.8) is 0 Å².